The lowest BCUT2D eigenvalue weighted by molar-refractivity contribution is -0.155. The van der Waals surface area contributed by atoms with Crippen LogP contribution in [0.3, 0.4) is 0 Å². The van der Waals surface area contributed by atoms with Gasteiger partial charge in [-0.05, 0) is 12.8 Å². The third-order valence-corrected chi connectivity index (χ3v) is 2.65. The molecule has 0 aliphatic heterocycles. The van der Waals surface area contributed by atoms with E-state index in [4.69, 9.17) is 10.4 Å². The van der Waals surface area contributed by atoms with Crippen LogP contribution in [0.25, 0.3) is 0 Å². The zero-order valence-electron chi connectivity index (χ0n) is 7.25. The number of nitrogens with zero attached hydrogens (tertiary/aromatic N) is 1. The fraction of sp³-hybridized carbons (Fsp3) is 0.667. The first kappa shape index (κ1) is 9.72. The van der Waals surface area contributed by atoms with Crippen LogP contribution in [0.2, 0.25) is 0 Å². The molecule has 1 saturated carbocycles. The Balaban J connectivity index is 2.93. The summed E-state index contributed by atoms with van der Waals surface area (Å²) in [4.78, 5) is 22.1. The summed E-state index contributed by atoms with van der Waals surface area (Å²) in [5.74, 6) is -1.93. The van der Waals surface area contributed by atoms with E-state index in [1.54, 1.807) is 0 Å². The zero-order chi connectivity index (χ0) is 9.90. The molecule has 1 fully saturated rings. The standard InChI is InChI=1S/C9H11NO3/c10-6-7(11)9(8(12)13)4-2-1-3-5-9/h1-5H2,(H,12,13). The highest BCUT2D eigenvalue weighted by Crippen LogP contribution is 2.37. The predicted octanol–water partition coefficient (Wildman–Crippen LogP) is 1.11. The Kier molecular flexibility index (Phi) is 2.66. The monoisotopic (exact) mass is 181 g/mol. The molecule has 0 aromatic heterocycles. The van der Waals surface area contributed by atoms with Crippen LogP contribution in [-0.4, -0.2) is 16.9 Å². The molecule has 0 unspecified atom stereocenters. The maximum Gasteiger partial charge on any atom is 0.318 e. The number of Topliss-reactive ketones (excluding diaryl/α,β-unsaturated/α-hetero) is 1. The van der Waals surface area contributed by atoms with Crippen LogP contribution in [0.4, 0.5) is 0 Å². The minimum Gasteiger partial charge on any atom is -0.480 e. The summed E-state index contributed by atoms with van der Waals surface area (Å²) in [7, 11) is 0. The maximum atomic E-state index is 11.2. The molecular weight excluding hydrogens is 170 g/mol. The molecule has 0 radical (unpaired) electrons. The van der Waals surface area contributed by atoms with Crippen molar-refractivity contribution in [3.8, 4) is 6.07 Å². The van der Waals surface area contributed by atoms with E-state index in [0.717, 1.165) is 19.3 Å². The summed E-state index contributed by atoms with van der Waals surface area (Å²) in [5, 5.41) is 17.4. The number of hydrogen-bond donors (Lipinski definition) is 1. The molecule has 4 nitrogen and oxygen atoms in total. The lowest BCUT2D eigenvalue weighted by Crippen LogP contribution is -2.40. The first-order valence-electron chi connectivity index (χ1n) is 4.31. The van der Waals surface area contributed by atoms with Crippen LogP contribution >= 0.6 is 0 Å². The first-order valence-corrected chi connectivity index (χ1v) is 4.31. The Morgan fingerprint density at radius 2 is 1.77 bits per heavy atom. The van der Waals surface area contributed by atoms with E-state index in [9.17, 15) is 9.59 Å². The molecule has 1 aliphatic carbocycles. The van der Waals surface area contributed by atoms with Gasteiger partial charge >= 0.3 is 5.97 Å². The third-order valence-electron chi connectivity index (χ3n) is 2.65. The number of nitriles is 1. The molecule has 13 heavy (non-hydrogen) atoms. The van der Waals surface area contributed by atoms with Gasteiger partial charge in [-0.25, -0.2) is 0 Å². The average Bonchev–Trinajstić information content (AvgIpc) is 2.17. The summed E-state index contributed by atoms with van der Waals surface area (Å²) in [6.45, 7) is 0. The van der Waals surface area contributed by atoms with Crippen molar-refractivity contribution in [2.24, 2.45) is 5.41 Å². The van der Waals surface area contributed by atoms with E-state index in [1.165, 1.54) is 6.07 Å². The van der Waals surface area contributed by atoms with E-state index in [-0.39, 0.29) is 0 Å². The van der Waals surface area contributed by atoms with Crippen LogP contribution in [0.15, 0.2) is 0 Å². The van der Waals surface area contributed by atoms with Crippen LogP contribution in [0.5, 0.6) is 0 Å². The molecule has 0 aromatic rings. The first-order chi connectivity index (χ1) is 6.13. The summed E-state index contributed by atoms with van der Waals surface area (Å²) in [6, 6.07) is 1.44. The Hall–Kier alpha value is -1.37. The number of carboxylic acids is 1. The second-order valence-corrected chi connectivity index (χ2v) is 3.39. The van der Waals surface area contributed by atoms with E-state index in [0.29, 0.717) is 12.8 Å². The van der Waals surface area contributed by atoms with Gasteiger partial charge in [-0.15, -0.1) is 0 Å². The molecule has 70 valence electrons. The van der Waals surface area contributed by atoms with Crippen molar-refractivity contribution in [2.45, 2.75) is 32.1 Å². The summed E-state index contributed by atoms with van der Waals surface area (Å²) >= 11 is 0. The van der Waals surface area contributed by atoms with Crippen molar-refractivity contribution in [2.75, 3.05) is 0 Å². The van der Waals surface area contributed by atoms with Crippen LogP contribution < -0.4 is 0 Å². The number of carboxylic acid groups (broad SMARTS) is 1. The van der Waals surface area contributed by atoms with Crippen molar-refractivity contribution < 1.29 is 14.7 Å². The minimum atomic E-state index is -1.40. The fourth-order valence-corrected chi connectivity index (χ4v) is 1.80. The maximum absolute atomic E-state index is 11.2. The smallest absolute Gasteiger partial charge is 0.318 e. The van der Waals surface area contributed by atoms with Crippen molar-refractivity contribution in [3.63, 3.8) is 0 Å². The molecule has 4 heteroatoms. The van der Waals surface area contributed by atoms with E-state index >= 15 is 0 Å². The number of aliphatic carboxylic acids is 1. The Morgan fingerprint density at radius 3 is 2.15 bits per heavy atom. The second kappa shape index (κ2) is 3.56. The van der Waals surface area contributed by atoms with Crippen LogP contribution in [0, 0.1) is 16.7 Å². The number of carbonyl (C=O) groups is 2. The predicted molar refractivity (Wildman–Crippen MR) is 43.8 cm³/mol. The van der Waals surface area contributed by atoms with Gasteiger partial charge in [-0.2, -0.15) is 5.26 Å². The van der Waals surface area contributed by atoms with Crippen molar-refractivity contribution in [3.05, 3.63) is 0 Å². The summed E-state index contributed by atoms with van der Waals surface area (Å²) < 4.78 is 0. The molecule has 0 amide bonds. The second-order valence-electron chi connectivity index (χ2n) is 3.39. The average molecular weight is 181 g/mol. The molecule has 0 atom stereocenters. The van der Waals surface area contributed by atoms with Gasteiger partial charge in [0.1, 0.15) is 11.5 Å². The Bertz CT molecular complexity index is 271. The topological polar surface area (TPSA) is 78.2 Å². The van der Waals surface area contributed by atoms with Gasteiger partial charge in [0.2, 0.25) is 5.78 Å². The van der Waals surface area contributed by atoms with Gasteiger partial charge in [0.25, 0.3) is 0 Å². The lowest BCUT2D eigenvalue weighted by atomic mass is 9.71. The zero-order valence-corrected chi connectivity index (χ0v) is 7.25. The van der Waals surface area contributed by atoms with Crippen LogP contribution in [0.1, 0.15) is 32.1 Å². The van der Waals surface area contributed by atoms with Gasteiger partial charge < -0.3 is 5.11 Å². The fourth-order valence-electron chi connectivity index (χ4n) is 1.80. The highest BCUT2D eigenvalue weighted by atomic mass is 16.4. The molecule has 0 heterocycles. The molecular formula is C9H11NO3. The molecule has 0 bridgehead atoms. The van der Waals surface area contributed by atoms with Gasteiger partial charge in [0.15, 0.2) is 0 Å². The Morgan fingerprint density at radius 1 is 1.23 bits per heavy atom. The van der Waals surface area contributed by atoms with Crippen LogP contribution in [-0.2, 0) is 9.59 Å². The largest absolute Gasteiger partial charge is 0.480 e. The van der Waals surface area contributed by atoms with Crippen molar-refractivity contribution in [1.82, 2.24) is 0 Å². The van der Waals surface area contributed by atoms with Gasteiger partial charge in [-0.1, -0.05) is 19.3 Å². The summed E-state index contributed by atoms with van der Waals surface area (Å²) in [6.07, 6.45) is 3.02. The third kappa shape index (κ3) is 1.55. The molecule has 0 aromatic carbocycles. The Labute approximate surface area is 76.2 Å². The highest BCUT2D eigenvalue weighted by molar-refractivity contribution is 6.10. The lowest BCUT2D eigenvalue weighted by Gasteiger charge is -2.28. The molecule has 1 N–H and O–H groups in total. The number of carbonyl (C=O) groups excluding carboxylic acids is 1. The quantitative estimate of drug-likeness (QED) is 0.511. The van der Waals surface area contributed by atoms with E-state index in [2.05, 4.69) is 0 Å². The van der Waals surface area contributed by atoms with Gasteiger partial charge in [-0.3, -0.25) is 9.59 Å². The van der Waals surface area contributed by atoms with Crippen molar-refractivity contribution in [1.29, 1.82) is 5.26 Å². The molecule has 1 rings (SSSR count). The SMILES string of the molecule is N#CC(=O)C1(C(=O)O)CCCCC1. The number of rotatable bonds is 2. The molecule has 1 aliphatic rings. The van der Waals surface area contributed by atoms with Gasteiger partial charge in [0.05, 0.1) is 0 Å². The highest BCUT2D eigenvalue weighted by Gasteiger charge is 2.46. The van der Waals surface area contributed by atoms with E-state index in [1.807, 2.05) is 0 Å². The summed E-state index contributed by atoms with van der Waals surface area (Å²) in [5.41, 5.74) is -1.40. The molecule has 0 spiro atoms. The number of hydrogen-bond acceptors (Lipinski definition) is 3. The molecule has 0 saturated heterocycles. The van der Waals surface area contributed by atoms with Crippen molar-refractivity contribution >= 4 is 11.8 Å². The van der Waals surface area contributed by atoms with Gasteiger partial charge in [0, 0.05) is 0 Å². The minimum absolute atomic E-state index is 0.314. The number of ketones is 1. The van der Waals surface area contributed by atoms with E-state index < -0.39 is 17.2 Å². The normalized spacial score (nSPS) is 20.2.